The van der Waals surface area contributed by atoms with Gasteiger partial charge in [0.15, 0.2) is 0 Å². The number of nitrogens with zero attached hydrogens (tertiary/aromatic N) is 3. The summed E-state index contributed by atoms with van der Waals surface area (Å²) in [5, 5.41) is 11.5. The van der Waals surface area contributed by atoms with Crippen LogP contribution in [0.1, 0.15) is 42.0 Å². The number of hydrogen-bond donors (Lipinski definition) is 3. The number of hydrazone groups is 1. The van der Waals surface area contributed by atoms with Gasteiger partial charge in [0.05, 0.1) is 6.54 Å². The minimum atomic E-state index is -4.08. The van der Waals surface area contributed by atoms with E-state index in [2.05, 4.69) is 33.2 Å². The molecule has 1 aliphatic heterocycles. The number of carbonyl (C=O) groups excluding carboxylic acids is 1. The number of likely N-dealkylation sites (N-methyl/N-ethyl adjacent to an activating group) is 1. The third kappa shape index (κ3) is 4.21. The summed E-state index contributed by atoms with van der Waals surface area (Å²) < 4.78 is 28.2. The van der Waals surface area contributed by atoms with Crippen molar-refractivity contribution in [3.63, 3.8) is 0 Å². The molecule has 1 fully saturated rings. The van der Waals surface area contributed by atoms with Gasteiger partial charge >= 0.3 is 6.03 Å². The van der Waals surface area contributed by atoms with Crippen LogP contribution in [0.25, 0.3) is 0 Å². The van der Waals surface area contributed by atoms with E-state index in [1.165, 1.54) is 23.1 Å². The smallest absolute Gasteiger partial charge is 0.333 e. The summed E-state index contributed by atoms with van der Waals surface area (Å²) in [5.41, 5.74) is 5.66. The largest absolute Gasteiger partial charge is 0.368 e. The zero-order valence-electron chi connectivity index (χ0n) is 19.0. The molecule has 2 amide bonds. The second-order valence-electron chi connectivity index (χ2n) is 8.92. The molecule has 0 spiro atoms. The Labute approximate surface area is 190 Å². The second kappa shape index (κ2) is 8.74. The first-order valence-corrected chi connectivity index (χ1v) is 12.5. The molecule has 0 bridgehead atoms. The predicted molar refractivity (Wildman–Crippen MR) is 126 cm³/mol. The Morgan fingerprint density at radius 1 is 1.19 bits per heavy atom. The highest BCUT2D eigenvalue weighted by Gasteiger charge is 2.31. The first-order chi connectivity index (χ1) is 15.2. The Kier molecular flexibility index (Phi) is 6.17. The van der Waals surface area contributed by atoms with Crippen LogP contribution in [0.5, 0.6) is 0 Å². The number of rotatable bonds is 5. The summed E-state index contributed by atoms with van der Waals surface area (Å²) in [7, 11) is -0.170. The molecule has 32 heavy (non-hydrogen) atoms. The third-order valence-corrected chi connectivity index (χ3v) is 8.18. The lowest BCUT2D eigenvalue weighted by Crippen LogP contribution is -2.52. The SMILES string of the molecule is C=NN1CC(N(C)C)CN/C1=C(/C)S(=O)(=O)NC(=O)Nc1c2c(cc3c1CCC3)CCC2. The number of allylic oxidation sites excluding steroid dienone is 1. The molecule has 174 valence electrons. The molecule has 1 aromatic carbocycles. The molecule has 1 heterocycles. The van der Waals surface area contributed by atoms with Crippen molar-refractivity contribution in [3.05, 3.63) is 39.0 Å². The lowest BCUT2D eigenvalue weighted by molar-refractivity contribution is 0.172. The van der Waals surface area contributed by atoms with Crippen molar-refractivity contribution in [3.8, 4) is 0 Å². The average Bonchev–Trinajstić information content (AvgIpc) is 3.41. The van der Waals surface area contributed by atoms with Crippen LogP contribution < -0.4 is 15.4 Å². The standard InChI is InChI=1S/C22H32N6O3S/c1-14(21-24-12-17(27(3)4)13-28(21)23-2)32(30,31)26-22(29)25-20-18-9-5-7-15(18)11-16-8-6-10-19(16)20/h11,17,24H,2,5-10,12-13H2,1,3-4H3,(H2,25,26,29)/b21-14+. The first-order valence-electron chi connectivity index (χ1n) is 11.1. The van der Waals surface area contributed by atoms with Crippen LogP contribution in [0, 0.1) is 0 Å². The van der Waals surface area contributed by atoms with Gasteiger partial charge in [-0.1, -0.05) is 6.07 Å². The summed E-state index contributed by atoms with van der Waals surface area (Å²) in [6.07, 6.45) is 5.94. The minimum absolute atomic E-state index is 0.000718. The van der Waals surface area contributed by atoms with Crippen molar-refractivity contribution >= 4 is 28.5 Å². The Morgan fingerprint density at radius 3 is 2.38 bits per heavy atom. The summed E-state index contributed by atoms with van der Waals surface area (Å²) in [6, 6.07) is 1.68. The Morgan fingerprint density at radius 2 is 1.81 bits per heavy atom. The van der Waals surface area contributed by atoms with Gasteiger partial charge in [-0.25, -0.2) is 22.9 Å². The van der Waals surface area contributed by atoms with E-state index in [4.69, 9.17) is 0 Å². The van der Waals surface area contributed by atoms with Crippen LogP contribution in [0.3, 0.4) is 0 Å². The van der Waals surface area contributed by atoms with Crippen molar-refractivity contribution in [2.45, 2.75) is 51.5 Å². The number of urea groups is 1. The topological polar surface area (TPSA) is 106 Å². The van der Waals surface area contributed by atoms with Crippen molar-refractivity contribution in [1.82, 2.24) is 19.9 Å². The number of amides is 2. The highest BCUT2D eigenvalue weighted by atomic mass is 32.2. The molecule has 1 unspecified atom stereocenters. The molecule has 2 aliphatic carbocycles. The van der Waals surface area contributed by atoms with Gasteiger partial charge in [0, 0.05) is 25.0 Å². The maximum Gasteiger partial charge on any atom is 0.333 e. The molecule has 9 nitrogen and oxygen atoms in total. The number of nitrogens with one attached hydrogen (secondary N) is 3. The van der Waals surface area contributed by atoms with E-state index in [9.17, 15) is 13.2 Å². The zero-order valence-corrected chi connectivity index (χ0v) is 19.8. The van der Waals surface area contributed by atoms with E-state index >= 15 is 0 Å². The quantitative estimate of drug-likeness (QED) is 0.578. The van der Waals surface area contributed by atoms with E-state index in [-0.39, 0.29) is 10.9 Å². The highest BCUT2D eigenvalue weighted by molar-refractivity contribution is 7.93. The van der Waals surface area contributed by atoms with Crippen molar-refractivity contribution in [2.24, 2.45) is 5.10 Å². The molecular weight excluding hydrogens is 428 g/mol. The number of aryl methyl sites for hydroxylation is 2. The van der Waals surface area contributed by atoms with Gasteiger partial charge in [-0.05, 0) is 81.8 Å². The molecule has 1 aromatic rings. The van der Waals surface area contributed by atoms with Crippen LogP contribution in [-0.2, 0) is 35.7 Å². The number of sulfonamides is 1. The second-order valence-corrected chi connectivity index (χ2v) is 10.7. The zero-order chi connectivity index (χ0) is 23.0. The molecule has 1 atom stereocenters. The maximum atomic E-state index is 13.0. The fourth-order valence-electron chi connectivity index (χ4n) is 4.87. The van der Waals surface area contributed by atoms with Gasteiger partial charge in [0.1, 0.15) is 10.7 Å². The van der Waals surface area contributed by atoms with E-state index < -0.39 is 16.1 Å². The molecule has 3 N–H and O–H groups in total. The fraction of sp³-hybridized carbons (Fsp3) is 0.545. The normalized spacial score (nSPS) is 21.6. The van der Waals surface area contributed by atoms with Crippen molar-refractivity contribution in [1.29, 1.82) is 0 Å². The molecular formula is C22H32N6O3S. The monoisotopic (exact) mass is 460 g/mol. The molecule has 0 aromatic heterocycles. The highest BCUT2D eigenvalue weighted by Crippen LogP contribution is 2.38. The predicted octanol–water partition coefficient (Wildman–Crippen LogP) is 1.76. The summed E-state index contributed by atoms with van der Waals surface area (Å²) in [4.78, 5) is 14.8. The average molecular weight is 461 g/mol. The van der Waals surface area contributed by atoms with Gasteiger partial charge in [0.2, 0.25) is 0 Å². The lowest BCUT2D eigenvalue weighted by atomic mass is 9.99. The number of benzene rings is 1. The van der Waals surface area contributed by atoms with E-state index in [1.54, 1.807) is 0 Å². The molecule has 10 heteroatoms. The van der Waals surface area contributed by atoms with Crippen LogP contribution in [0.2, 0.25) is 0 Å². The van der Waals surface area contributed by atoms with Crippen molar-refractivity contribution < 1.29 is 13.2 Å². The molecule has 0 saturated carbocycles. The van der Waals surface area contributed by atoms with E-state index in [1.807, 2.05) is 19.0 Å². The summed E-state index contributed by atoms with van der Waals surface area (Å²) in [5.74, 6) is 0.333. The Hall–Kier alpha value is -2.59. The fourth-order valence-corrected chi connectivity index (χ4v) is 5.75. The first kappa shape index (κ1) is 22.6. The third-order valence-electron chi connectivity index (χ3n) is 6.72. The maximum absolute atomic E-state index is 13.0. The molecule has 1 saturated heterocycles. The number of hydrogen-bond acceptors (Lipinski definition) is 7. The van der Waals surface area contributed by atoms with Crippen molar-refractivity contribution in [2.75, 3.05) is 32.5 Å². The van der Waals surface area contributed by atoms with Gasteiger partial charge in [0.25, 0.3) is 10.0 Å². The number of anilines is 1. The van der Waals surface area contributed by atoms with Gasteiger partial charge in [-0.15, -0.1) is 0 Å². The molecule has 0 radical (unpaired) electrons. The van der Waals surface area contributed by atoms with Crippen LogP contribution in [-0.4, -0.2) is 64.3 Å². The van der Waals surface area contributed by atoms with Gasteiger partial charge < -0.3 is 15.5 Å². The van der Waals surface area contributed by atoms with Gasteiger partial charge in [-0.3, -0.25) is 0 Å². The molecule has 3 aliphatic rings. The van der Waals surface area contributed by atoms with E-state index in [0.717, 1.165) is 55.3 Å². The summed E-state index contributed by atoms with van der Waals surface area (Å²) in [6.45, 7) is 6.09. The van der Waals surface area contributed by atoms with Crippen LogP contribution >= 0.6 is 0 Å². The van der Waals surface area contributed by atoms with Crippen LogP contribution in [0.15, 0.2) is 21.9 Å². The summed E-state index contributed by atoms with van der Waals surface area (Å²) >= 11 is 0. The minimum Gasteiger partial charge on any atom is -0.368 e. The Balaban J connectivity index is 1.54. The van der Waals surface area contributed by atoms with E-state index in [0.29, 0.717) is 18.9 Å². The number of carbonyl (C=O) groups is 1. The van der Waals surface area contributed by atoms with Crippen LogP contribution in [0.4, 0.5) is 10.5 Å². The lowest BCUT2D eigenvalue weighted by Gasteiger charge is -2.37. The number of fused-ring (bicyclic) bond motifs is 2. The Bertz CT molecular complexity index is 1050. The molecule has 4 rings (SSSR count). The van der Waals surface area contributed by atoms with Gasteiger partial charge in [-0.2, -0.15) is 5.10 Å².